The van der Waals surface area contributed by atoms with Gasteiger partial charge in [0.05, 0.1) is 28.2 Å². The number of carbonyl (C=O) groups is 1. The molecular weight excluding hydrogens is 469 g/mol. The molecule has 1 amide bonds. The Balaban J connectivity index is 1.87. The number of aromatic nitrogens is 2. The zero-order valence-electron chi connectivity index (χ0n) is 17.4. The summed E-state index contributed by atoms with van der Waals surface area (Å²) in [6.45, 7) is -0.232. The molecular formula is C23H17F3N4O3S. The Labute approximate surface area is 192 Å². The van der Waals surface area contributed by atoms with Crippen LogP contribution in [0.1, 0.15) is 15.9 Å². The van der Waals surface area contributed by atoms with Crippen molar-refractivity contribution in [1.82, 2.24) is 9.97 Å². The van der Waals surface area contributed by atoms with E-state index in [0.717, 1.165) is 28.5 Å². The number of anilines is 2. The predicted molar refractivity (Wildman–Crippen MR) is 121 cm³/mol. The normalized spacial score (nSPS) is 12.0. The standard InChI is InChI=1S/C23H17F3N4O3S/c24-23(25,26)34(32,33)20-6-2-1-5-19(20)30(22(31)17-4-3-11-28-13-17)14-15-7-8-16-9-10-21(27)29-18(16)12-15/h1-13H,14H2,(H2,27,29). The van der Waals surface area contributed by atoms with E-state index in [4.69, 9.17) is 5.73 Å². The highest BCUT2D eigenvalue weighted by atomic mass is 32.2. The maximum absolute atomic E-state index is 13.4. The van der Waals surface area contributed by atoms with Gasteiger partial charge in [-0.15, -0.1) is 0 Å². The third-order valence-electron chi connectivity index (χ3n) is 5.02. The smallest absolute Gasteiger partial charge is 0.384 e. The lowest BCUT2D eigenvalue weighted by Gasteiger charge is -2.26. The predicted octanol–water partition coefficient (Wildman–Crippen LogP) is 4.35. The Morgan fingerprint density at radius 3 is 2.44 bits per heavy atom. The van der Waals surface area contributed by atoms with Gasteiger partial charge in [-0.2, -0.15) is 13.2 Å². The van der Waals surface area contributed by atoms with Crippen LogP contribution in [-0.2, 0) is 16.4 Å². The summed E-state index contributed by atoms with van der Waals surface area (Å²) in [7, 11) is -5.74. The fourth-order valence-corrected chi connectivity index (χ4v) is 4.36. The molecule has 2 N–H and O–H groups in total. The summed E-state index contributed by atoms with van der Waals surface area (Å²) < 4.78 is 64.8. The van der Waals surface area contributed by atoms with Gasteiger partial charge in [0.25, 0.3) is 15.7 Å². The second kappa shape index (κ2) is 8.75. The van der Waals surface area contributed by atoms with Crippen LogP contribution in [0, 0.1) is 0 Å². The van der Waals surface area contributed by atoms with Crippen molar-refractivity contribution in [1.29, 1.82) is 0 Å². The van der Waals surface area contributed by atoms with Gasteiger partial charge in [0.15, 0.2) is 0 Å². The number of alkyl halides is 3. The molecule has 0 aliphatic carbocycles. The minimum Gasteiger partial charge on any atom is -0.384 e. The number of pyridine rings is 2. The minimum absolute atomic E-state index is 0.0740. The molecule has 0 aliphatic heterocycles. The van der Waals surface area contributed by atoms with Gasteiger partial charge in [-0.05, 0) is 48.0 Å². The molecule has 0 fully saturated rings. The maximum Gasteiger partial charge on any atom is 0.501 e. The molecule has 34 heavy (non-hydrogen) atoms. The van der Waals surface area contributed by atoms with Gasteiger partial charge in [0, 0.05) is 17.8 Å². The molecule has 0 spiro atoms. The Morgan fingerprint density at radius 2 is 1.74 bits per heavy atom. The van der Waals surface area contributed by atoms with Gasteiger partial charge < -0.3 is 10.6 Å². The third-order valence-corrected chi connectivity index (χ3v) is 6.56. The molecule has 0 bridgehead atoms. The fourth-order valence-electron chi connectivity index (χ4n) is 3.40. The van der Waals surface area contributed by atoms with Crippen molar-refractivity contribution in [3.63, 3.8) is 0 Å². The van der Waals surface area contributed by atoms with Gasteiger partial charge in [0.2, 0.25) is 0 Å². The van der Waals surface area contributed by atoms with Crippen molar-refractivity contribution in [2.75, 3.05) is 10.6 Å². The topological polar surface area (TPSA) is 106 Å². The molecule has 2 heterocycles. The number of para-hydroxylation sites is 1. The van der Waals surface area contributed by atoms with E-state index in [9.17, 15) is 26.4 Å². The van der Waals surface area contributed by atoms with E-state index in [1.54, 1.807) is 30.3 Å². The molecule has 0 saturated heterocycles. The van der Waals surface area contributed by atoms with Gasteiger partial charge >= 0.3 is 5.51 Å². The van der Waals surface area contributed by atoms with E-state index in [1.165, 1.54) is 30.6 Å². The molecule has 0 saturated carbocycles. The van der Waals surface area contributed by atoms with E-state index in [-0.39, 0.29) is 17.9 Å². The average Bonchev–Trinajstić information content (AvgIpc) is 2.81. The van der Waals surface area contributed by atoms with Crippen LogP contribution in [0.25, 0.3) is 10.9 Å². The number of hydrogen-bond donors (Lipinski definition) is 1. The number of fused-ring (bicyclic) bond motifs is 1. The second-order valence-electron chi connectivity index (χ2n) is 7.31. The van der Waals surface area contributed by atoms with Gasteiger partial charge in [-0.25, -0.2) is 13.4 Å². The fraction of sp³-hybridized carbons (Fsp3) is 0.0870. The molecule has 0 unspecified atom stereocenters. The summed E-state index contributed by atoms with van der Waals surface area (Å²) in [5, 5.41) is 0.767. The molecule has 0 aliphatic rings. The van der Waals surface area contributed by atoms with Crippen LogP contribution >= 0.6 is 0 Å². The first-order valence-electron chi connectivity index (χ1n) is 9.85. The number of benzene rings is 2. The molecule has 7 nitrogen and oxygen atoms in total. The molecule has 0 atom stereocenters. The molecule has 2 aromatic carbocycles. The Morgan fingerprint density at radius 1 is 1.00 bits per heavy atom. The molecule has 11 heteroatoms. The first kappa shape index (κ1) is 23.2. The zero-order chi connectivity index (χ0) is 24.5. The first-order valence-corrected chi connectivity index (χ1v) is 11.3. The van der Waals surface area contributed by atoms with Gasteiger partial charge in [-0.1, -0.05) is 24.3 Å². The van der Waals surface area contributed by atoms with E-state index in [1.807, 2.05) is 0 Å². The Bertz CT molecular complexity index is 1480. The van der Waals surface area contributed by atoms with Crippen LogP contribution < -0.4 is 10.6 Å². The van der Waals surface area contributed by atoms with E-state index >= 15 is 0 Å². The minimum atomic E-state index is -5.74. The number of nitrogen functional groups attached to an aromatic ring is 1. The van der Waals surface area contributed by atoms with Crippen LogP contribution in [0.2, 0.25) is 0 Å². The SMILES string of the molecule is Nc1ccc2ccc(CN(C(=O)c3cccnc3)c3ccccc3S(=O)(=O)C(F)(F)F)cc2n1. The number of carbonyl (C=O) groups excluding carboxylic acids is 1. The van der Waals surface area contributed by atoms with Gasteiger partial charge in [0.1, 0.15) is 5.82 Å². The van der Waals surface area contributed by atoms with Crippen molar-refractivity contribution in [2.24, 2.45) is 0 Å². The maximum atomic E-state index is 13.4. The van der Waals surface area contributed by atoms with E-state index < -0.39 is 31.8 Å². The summed E-state index contributed by atoms with van der Waals surface area (Å²) in [5.41, 5.74) is 0.882. The monoisotopic (exact) mass is 486 g/mol. The summed E-state index contributed by atoms with van der Waals surface area (Å²) in [5.74, 6) is -0.451. The highest BCUT2D eigenvalue weighted by molar-refractivity contribution is 7.92. The lowest BCUT2D eigenvalue weighted by molar-refractivity contribution is -0.0435. The summed E-state index contributed by atoms with van der Waals surface area (Å²) in [6, 6.07) is 15.8. The number of amides is 1. The number of nitrogens with two attached hydrogens (primary N) is 1. The average molecular weight is 486 g/mol. The number of hydrogen-bond acceptors (Lipinski definition) is 6. The number of nitrogens with zero attached hydrogens (tertiary/aromatic N) is 3. The lowest BCUT2D eigenvalue weighted by Crippen LogP contribution is -2.33. The van der Waals surface area contributed by atoms with E-state index in [0.29, 0.717) is 11.1 Å². The number of rotatable bonds is 5. The van der Waals surface area contributed by atoms with Crippen LogP contribution in [0.5, 0.6) is 0 Å². The number of sulfone groups is 1. The molecule has 2 aromatic heterocycles. The highest BCUT2D eigenvalue weighted by Gasteiger charge is 2.48. The lowest BCUT2D eigenvalue weighted by atomic mass is 10.1. The number of halogens is 3. The third kappa shape index (κ3) is 4.42. The van der Waals surface area contributed by atoms with Crippen molar-refractivity contribution in [2.45, 2.75) is 16.9 Å². The van der Waals surface area contributed by atoms with Crippen molar-refractivity contribution >= 4 is 38.2 Å². The molecule has 4 aromatic rings. The molecule has 4 rings (SSSR count). The molecule has 0 radical (unpaired) electrons. The van der Waals surface area contributed by atoms with Crippen LogP contribution in [0.15, 0.2) is 84.0 Å². The van der Waals surface area contributed by atoms with Crippen LogP contribution in [0.4, 0.5) is 24.7 Å². The Hall–Kier alpha value is -3.99. The molecule has 174 valence electrons. The summed E-state index contributed by atoms with van der Waals surface area (Å²) >= 11 is 0. The summed E-state index contributed by atoms with van der Waals surface area (Å²) in [6.07, 6.45) is 2.68. The van der Waals surface area contributed by atoms with Crippen LogP contribution in [-0.4, -0.2) is 29.8 Å². The quantitative estimate of drug-likeness (QED) is 0.450. The largest absolute Gasteiger partial charge is 0.501 e. The highest BCUT2D eigenvalue weighted by Crippen LogP contribution is 2.37. The van der Waals surface area contributed by atoms with Crippen molar-refractivity contribution in [3.05, 3.63) is 90.3 Å². The first-order chi connectivity index (χ1) is 16.1. The van der Waals surface area contributed by atoms with Crippen molar-refractivity contribution in [3.8, 4) is 0 Å². The van der Waals surface area contributed by atoms with Crippen molar-refractivity contribution < 1.29 is 26.4 Å². The van der Waals surface area contributed by atoms with E-state index in [2.05, 4.69) is 9.97 Å². The zero-order valence-corrected chi connectivity index (χ0v) is 18.2. The van der Waals surface area contributed by atoms with Gasteiger partial charge in [-0.3, -0.25) is 9.78 Å². The summed E-state index contributed by atoms with van der Waals surface area (Å²) in [4.78, 5) is 21.4. The Kier molecular flexibility index (Phi) is 5.96. The second-order valence-corrected chi connectivity index (χ2v) is 9.22. The van der Waals surface area contributed by atoms with Crippen LogP contribution in [0.3, 0.4) is 0 Å².